The molecule has 4 aromatic rings. The number of aliphatic hydroxyl groups excluding tert-OH is 1. The van der Waals surface area contributed by atoms with Gasteiger partial charge in [0.25, 0.3) is 0 Å². The van der Waals surface area contributed by atoms with Crippen LogP contribution >= 0.6 is 0 Å². The summed E-state index contributed by atoms with van der Waals surface area (Å²) in [5.74, 6) is 0.150. The number of aliphatic hydroxyl groups is 1. The molecule has 3 heterocycles. The third kappa shape index (κ3) is 3.92. The molecule has 0 aliphatic heterocycles. The number of para-hydroxylation sites is 1. The summed E-state index contributed by atoms with van der Waals surface area (Å²) in [6.07, 6.45) is 5.65. The van der Waals surface area contributed by atoms with E-state index in [0.29, 0.717) is 0 Å². The van der Waals surface area contributed by atoms with Gasteiger partial charge in [-0.05, 0) is 49.2 Å². The summed E-state index contributed by atoms with van der Waals surface area (Å²) in [6, 6.07) is 12.8. The Bertz CT molecular complexity index is 1250. The summed E-state index contributed by atoms with van der Waals surface area (Å²) in [7, 11) is -1.92. The predicted octanol–water partition coefficient (Wildman–Crippen LogP) is 5.91. The number of aromatic amines is 1. The van der Waals surface area contributed by atoms with Crippen molar-refractivity contribution in [1.82, 2.24) is 19.5 Å². The normalized spacial score (nSPS) is 21.9. The van der Waals surface area contributed by atoms with Crippen LogP contribution in [0, 0.1) is 5.92 Å². The minimum absolute atomic E-state index is 0.0772. The second kappa shape index (κ2) is 8.08. The van der Waals surface area contributed by atoms with Crippen LogP contribution in [0.5, 0.6) is 0 Å². The van der Waals surface area contributed by atoms with Crippen molar-refractivity contribution in [3.63, 3.8) is 0 Å². The summed E-state index contributed by atoms with van der Waals surface area (Å²) >= 11 is 0. The van der Waals surface area contributed by atoms with Crippen LogP contribution in [0.3, 0.4) is 0 Å². The summed E-state index contributed by atoms with van der Waals surface area (Å²) in [5.41, 5.74) is 3.96. The van der Waals surface area contributed by atoms with E-state index in [-0.39, 0.29) is 29.7 Å². The van der Waals surface area contributed by atoms with Crippen molar-refractivity contribution in [2.24, 2.45) is 5.92 Å². The van der Waals surface area contributed by atoms with Gasteiger partial charge < -0.3 is 19.1 Å². The van der Waals surface area contributed by atoms with Gasteiger partial charge in [-0.25, -0.2) is 9.97 Å². The van der Waals surface area contributed by atoms with Gasteiger partial charge in [-0.15, -0.1) is 0 Å². The minimum atomic E-state index is -1.92. The van der Waals surface area contributed by atoms with E-state index in [2.05, 4.69) is 83.8 Å². The lowest BCUT2D eigenvalue weighted by Gasteiger charge is -2.39. The van der Waals surface area contributed by atoms with E-state index in [9.17, 15) is 5.11 Å². The Hall–Kier alpha value is -2.48. The molecule has 33 heavy (non-hydrogen) atoms. The van der Waals surface area contributed by atoms with Crippen molar-refractivity contribution >= 4 is 30.3 Å². The van der Waals surface area contributed by atoms with Crippen molar-refractivity contribution in [3.8, 4) is 11.4 Å². The third-order valence-electron chi connectivity index (χ3n) is 7.78. The Labute approximate surface area is 196 Å². The van der Waals surface area contributed by atoms with Crippen LogP contribution in [0.4, 0.5) is 0 Å². The van der Waals surface area contributed by atoms with E-state index in [1.807, 2.05) is 12.1 Å². The van der Waals surface area contributed by atoms with Gasteiger partial charge in [0.15, 0.2) is 8.32 Å². The van der Waals surface area contributed by atoms with Crippen LogP contribution < -0.4 is 0 Å². The smallest absolute Gasteiger partial charge is 0.192 e. The van der Waals surface area contributed by atoms with Crippen LogP contribution in [0.1, 0.15) is 39.7 Å². The fourth-order valence-electron chi connectivity index (χ4n) is 4.86. The molecule has 1 saturated carbocycles. The van der Waals surface area contributed by atoms with Gasteiger partial charge in [0.05, 0.1) is 17.5 Å². The highest BCUT2D eigenvalue weighted by Gasteiger charge is 2.44. The number of nitrogens with zero attached hydrogens (tertiary/aromatic N) is 3. The molecule has 0 amide bonds. The predicted molar refractivity (Wildman–Crippen MR) is 136 cm³/mol. The average Bonchev–Trinajstić information content (AvgIpc) is 3.48. The molecule has 2 N–H and O–H groups in total. The Morgan fingerprint density at radius 1 is 1.15 bits per heavy atom. The Morgan fingerprint density at radius 3 is 2.67 bits per heavy atom. The maximum Gasteiger partial charge on any atom is 0.192 e. The first-order chi connectivity index (χ1) is 15.7. The maximum absolute atomic E-state index is 10.1. The molecule has 0 unspecified atom stereocenters. The van der Waals surface area contributed by atoms with Crippen molar-refractivity contribution in [3.05, 3.63) is 48.9 Å². The number of fused-ring (bicyclic) bond motifs is 2. The molecule has 0 radical (unpaired) electrons. The number of nitrogens with one attached hydrogen (secondary N) is 1. The van der Waals surface area contributed by atoms with Gasteiger partial charge in [0, 0.05) is 41.1 Å². The zero-order chi connectivity index (χ0) is 23.4. The topological polar surface area (TPSA) is 76.0 Å². The van der Waals surface area contributed by atoms with Crippen molar-refractivity contribution in [1.29, 1.82) is 0 Å². The van der Waals surface area contributed by atoms with Gasteiger partial charge in [-0.2, -0.15) is 0 Å². The molecule has 6 nitrogen and oxygen atoms in total. The highest BCUT2D eigenvalue weighted by molar-refractivity contribution is 6.74. The van der Waals surface area contributed by atoms with E-state index in [0.717, 1.165) is 40.8 Å². The third-order valence-corrected chi connectivity index (χ3v) is 12.3. The first kappa shape index (κ1) is 22.3. The number of benzene rings is 1. The van der Waals surface area contributed by atoms with Crippen LogP contribution in [-0.4, -0.2) is 45.7 Å². The zero-order valence-corrected chi connectivity index (χ0v) is 21.2. The molecule has 3 atom stereocenters. The molecule has 0 saturated heterocycles. The monoisotopic (exact) mass is 462 g/mol. The van der Waals surface area contributed by atoms with Gasteiger partial charge in [-0.3, -0.25) is 0 Å². The standard InChI is InChI=1S/C26H34N4O2Si/c1-26(2,3)33(4,5)32-23-14-19(12-18(23)15-31)30-11-10-20-24(27-16-28-25(20)30)22-13-17-8-6-7-9-21(17)29-22/h6-11,13,16,18-19,23,29,31H,12,14-15H2,1-5H3/t18-,19+,23-/m0/s1. The second-order valence-electron chi connectivity index (χ2n) is 10.9. The molecule has 0 spiro atoms. The number of H-pyrrole nitrogens is 1. The first-order valence-electron chi connectivity index (χ1n) is 11.9. The van der Waals surface area contributed by atoms with Gasteiger partial charge in [0.1, 0.15) is 12.0 Å². The zero-order valence-electron chi connectivity index (χ0n) is 20.2. The minimum Gasteiger partial charge on any atom is -0.413 e. The molecular formula is C26H34N4O2Si. The summed E-state index contributed by atoms with van der Waals surface area (Å²) in [5, 5.41) is 12.5. The first-order valence-corrected chi connectivity index (χ1v) is 14.8. The van der Waals surface area contributed by atoms with Gasteiger partial charge in [-0.1, -0.05) is 39.0 Å². The van der Waals surface area contributed by atoms with Gasteiger partial charge >= 0.3 is 0 Å². The number of rotatable bonds is 5. The Kier molecular flexibility index (Phi) is 5.46. The molecule has 1 aromatic carbocycles. The lowest BCUT2D eigenvalue weighted by atomic mass is 10.1. The Morgan fingerprint density at radius 2 is 1.94 bits per heavy atom. The molecule has 3 aromatic heterocycles. The fourth-order valence-corrected chi connectivity index (χ4v) is 6.26. The quantitative estimate of drug-likeness (QED) is 0.361. The largest absolute Gasteiger partial charge is 0.413 e. The average molecular weight is 463 g/mol. The lowest BCUT2D eigenvalue weighted by Crippen LogP contribution is -2.45. The second-order valence-corrected chi connectivity index (χ2v) is 15.7. The fraction of sp³-hybridized carbons (Fsp3) is 0.462. The summed E-state index contributed by atoms with van der Waals surface area (Å²) in [4.78, 5) is 12.8. The van der Waals surface area contributed by atoms with E-state index < -0.39 is 8.32 Å². The van der Waals surface area contributed by atoms with Crippen molar-refractivity contribution in [2.75, 3.05) is 6.61 Å². The van der Waals surface area contributed by atoms with Crippen molar-refractivity contribution in [2.45, 2.75) is 63.9 Å². The summed E-state index contributed by atoms with van der Waals surface area (Å²) < 4.78 is 9.03. The number of hydrogen-bond donors (Lipinski definition) is 2. The molecule has 1 fully saturated rings. The van der Waals surface area contributed by atoms with Crippen LogP contribution in [0.25, 0.3) is 33.3 Å². The van der Waals surface area contributed by atoms with E-state index >= 15 is 0 Å². The van der Waals surface area contributed by atoms with E-state index in [1.165, 1.54) is 5.39 Å². The molecule has 1 aliphatic rings. The maximum atomic E-state index is 10.1. The van der Waals surface area contributed by atoms with Crippen molar-refractivity contribution < 1.29 is 9.53 Å². The molecule has 7 heteroatoms. The SMILES string of the molecule is CC(C)(C)[Si](C)(C)O[C@H]1C[C@H](n2ccc3c(-c4cc5ccccc5[nH]4)ncnc32)C[C@H]1CO. The van der Waals surface area contributed by atoms with Crippen LogP contribution in [-0.2, 0) is 4.43 Å². The Balaban J connectivity index is 1.47. The van der Waals surface area contributed by atoms with Crippen LogP contribution in [0.15, 0.2) is 48.9 Å². The molecule has 5 rings (SSSR count). The number of hydrogen-bond acceptors (Lipinski definition) is 4. The number of aromatic nitrogens is 4. The van der Waals surface area contributed by atoms with E-state index in [1.54, 1.807) is 6.33 Å². The van der Waals surface area contributed by atoms with Gasteiger partial charge in [0.2, 0.25) is 0 Å². The molecule has 174 valence electrons. The molecular weight excluding hydrogens is 428 g/mol. The highest BCUT2D eigenvalue weighted by atomic mass is 28.4. The highest BCUT2D eigenvalue weighted by Crippen LogP contribution is 2.44. The van der Waals surface area contributed by atoms with E-state index in [4.69, 9.17) is 4.43 Å². The lowest BCUT2D eigenvalue weighted by molar-refractivity contribution is 0.0979. The molecule has 1 aliphatic carbocycles. The summed E-state index contributed by atoms with van der Waals surface area (Å²) in [6.45, 7) is 11.5. The molecule has 0 bridgehead atoms. The van der Waals surface area contributed by atoms with Crippen LogP contribution in [0.2, 0.25) is 18.1 Å².